The van der Waals surface area contributed by atoms with Crippen molar-refractivity contribution in [2.75, 3.05) is 0 Å². The van der Waals surface area contributed by atoms with E-state index in [0.29, 0.717) is 6.42 Å². The fourth-order valence-corrected chi connectivity index (χ4v) is 2.15. The highest BCUT2D eigenvalue weighted by molar-refractivity contribution is 5.55. The summed E-state index contributed by atoms with van der Waals surface area (Å²) < 4.78 is 0. The van der Waals surface area contributed by atoms with Crippen LogP contribution < -0.4 is 0 Å². The highest BCUT2D eigenvalue weighted by Gasteiger charge is 2.17. The van der Waals surface area contributed by atoms with Crippen molar-refractivity contribution in [2.45, 2.75) is 18.8 Å². The third-order valence-electron chi connectivity index (χ3n) is 3.09. The smallest absolute Gasteiger partial charge is 0.269 e. The summed E-state index contributed by atoms with van der Waals surface area (Å²) in [6, 6.07) is 6.42. The number of hydrogen-bond acceptors (Lipinski definition) is 3. The van der Waals surface area contributed by atoms with Gasteiger partial charge >= 0.3 is 0 Å². The lowest BCUT2D eigenvalue weighted by atomic mass is 9.88. The average molecular weight is 243 g/mol. The molecule has 0 unspecified atom stereocenters. The fraction of sp³-hybridized carbons (Fsp3) is 0.214. The molecule has 0 radical (unpaired) electrons. The number of carbonyl (C=O) groups excluding carboxylic acids is 1. The molecule has 1 aliphatic carbocycles. The fourth-order valence-electron chi connectivity index (χ4n) is 2.15. The highest BCUT2D eigenvalue weighted by atomic mass is 16.6. The number of hydrogen-bond donors (Lipinski definition) is 0. The third kappa shape index (κ3) is 2.53. The summed E-state index contributed by atoms with van der Waals surface area (Å²) in [5.41, 5.74) is 2.20. The minimum absolute atomic E-state index is 0.0262. The number of nitro groups is 1. The summed E-state index contributed by atoms with van der Waals surface area (Å²) >= 11 is 0. The summed E-state index contributed by atoms with van der Waals surface area (Å²) in [6.45, 7) is 0. The van der Waals surface area contributed by atoms with Gasteiger partial charge in [-0.25, -0.2) is 0 Å². The molecule has 0 bridgehead atoms. The number of non-ortho nitro benzene ring substituents is 1. The van der Waals surface area contributed by atoms with E-state index in [9.17, 15) is 14.9 Å². The standard InChI is InChI=1S/C14H13NO3/c16-10-9-14(11-3-1-2-4-11)12-5-7-13(8-6-12)15(17)18/h1-3,5-8,10,14H,4,9H2/t14-/m1/s1. The van der Waals surface area contributed by atoms with Gasteiger partial charge in [0.15, 0.2) is 0 Å². The Morgan fingerprint density at radius 1 is 1.33 bits per heavy atom. The number of allylic oxidation sites excluding steroid dienone is 4. The molecule has 1 aromatic carbocycles. The number of aldehydes is 1. The maximum atomic E-state index is 10.8. The van der Waals surface area contributed by atoms with Crippen LogP contribution in [0.1, 0.15) is 24.3 Å². The minimum Gasteiger partial charge on any atom is -0.303 e. The normalized spacial score (nSPS) is 15.2. The molecule has 0 amide bonds. The molecule has 4 heteroatoms. The van der Waals surface area contributed by atoms with Crippen LogP contribution in [0.4, 0.5) is 5.69 Å². The second kappa shape index (κ2) is 5.40. The molecular formula is C14H13NO3. The lowest BCUT2D eigenvalue weighted by Gasteiger charge is -2.16. The molecule has 92 valence electrons. The summed E-state index contributed by atoms with van der Waals surface area (Å²) in [6.07, 6.45) is 8.17. The van der Waals surface area contributed by atoms with Gasteiger partial charge in [-0.05, 0) is 12.0 Å². The van der Waals surface area contributed by atoms with Crippen LogP contribution in [0, 0.1) is 10.1 Å². The first-order valence-corrected chi connectivity index (χ1v) is 5.76. The van der Waals surface area contributed by atoms with Crippen LogP contribution in [0.15, 0.2) is 48.1 Å². The first-order valence-electron chi connectivity index (χ1n) is 5.76. The zero-order valence-electron chi connectivity index (χ0n) is 9.78. The van der Waals surface area contributed by atoms with Gasteiger partial charge in [0.05, 0.1) is 4.92 Å². The second-order valence-corrected chi connectivity index (χ2v) is 4.18. The van der Waals surface area contributed by atoms with Crippen molar-refractivity contribution in [1.82, 2.24) is 0 Å². The van der Waals surface area contributed by atoms with Gasteiger partial charge in [0, 0.05) is 24.5 Å². The Bertz CT molecular complexity index is 514. The largest absolute Gasteiger partial charge is 0.303 e. The molecule has 1 aliphatic rings. The number of nitro benzene ring substituents is 1. The lowest BCUT2D eigenvalue weighted by Crippen LogP contribution is -2.02. The Kier molecular flexibility index (Phi) is 3.67. The Morgan fingerprint density at radius 2 is 2.06 bits per heavy atom. The zero-order chi connectivity index (χ0) is 13.0. The van der Waals surface area contributed by atoms with Crippen LogP contribution >= 0.6 is 0 Å². The Hall–Kier alpha value is -2.23. The van der Waals surface area contributed by atoms with Gasteiger partial charge in [-0.1, -0.05) is 35.9 Å². The van der Waals surface area contributed by atoms with Gasteiger partial charge in [0.2, 0.25) is 0 Å². The van der Waals surface area contributed by atoms with Crippen LogP contribution in [-0.2, 0) is 4.79 Å². The number of benzene rings is 1. The predicted molar refractivity (Wildman–Crippen MR) is 68.4 cm³/mol. The molecule has 1 aromatic rings. The van der Waals surface area contributed by atoms with Crippen LogP contribution in [-0.4, -0.2) is 11.2 Å². The van der Waals surface area contributed by atoms with Crippen molar-refractivity contribution in [1.29, 1.82) is 0 Å². The Morgan fingerprint density at radius 3 is 2.56 bits per heavy atom. The van der Waals surface area contributed by atoms with Gasteiger partial charge in [-0.15, -0.1) is 0 Å². The Balaban J connectivity index is 2.25. The molecule has 0 spiro atoms. The van der Waals surface area contributed by atoms with E-state index in [2.05, 4.69) is 0 Å². The van der Waals surface area contributed by atoms with Gasteiger partial charge in [0.25, 0.3) is 5.69 Å². The van der Waals surface area contributed by atoms with Crippen molar-refractivity contribution >= 4 is 12.0 Å². The monoisotopic (exact) mass is 243 g/mol. The third-order valence-corrected chi connectivity index (χ3v) is 3.09. The molecule has 0 fully saturated rings. The van der Waals surface area contributed by atoms with Crippen LogP contribution in [0.2, 0.25) is 0 Å². The van der Waals surface area contributed by atoms with E-state index in [1.165, 1.54) is 17.7 Å². The van der Waals surface area contributed by atoms with Crippen LogP contribution in [0.25, 0.3) is 0 Å². The molecule has 1 atom stereocenters. The van der Waals surface area contributed by atoms with Gasteiger partial charge in [-0.2, -0.15) is 0 Å². The highest BCUT2D eigenvalue weighted by Crippen LogP contribution is 2.32. The second-order valence-electron chi connectivity index (χ2n) is 4.18. The molecular weight excluding hydrogens is 230 g/mol. The maximum Gasteiger partial charge on any atom is 0.269 e. The lowest BCUT2D eigenvalue weighted by molar-refractivity contribution is -0.384. The molecule has 18 heavy (non-hydrogen) atoms. The van der Waals surface area contributed by atoms with E-state index in [1.54, 1.807) is 12.1 Å². The van der Waals surface area contributed by atoms with Crippen LogP contribution in [0.5, 0.6) is 0 Å². The quantitative estimate of drug-likeness (QED) is 0.453. The summed E-state index contributed by atoms with van der Waals surface area (Å²) in [5.74, 6) is 0.0262. The molecule has 0 aromatic heterocycles. The predicted octanol–water partition coefficient (Wildman–Crippen LogP) is 3.15. The van der Waals surface area contributed by atoms with Crippen molar-refractivity contribution in [3.05, 3.63) is 63.7 Å². The first-order chi connectivity index (χ1) is 8.72. The van der Waals surface area contributed by atoms with Gasteiger partial charge < -0.3 is 4.79 Å². The molecule has 0 saturated carbocycles. The van der Waals surface area contributed by atoms with Gasteiger partial charge in [-0.3, -0.25) is 10.1 Å². The maximum absolute atomic E-state index is 10.8. The van der Waals surface area contributed by atoms with Crippen molar-refractivity contribution < 1.29 is 9.72 Å². The van der Waals surface area contributed by atoms with Gasteiger partial charge in [0.1, 0.15) is 6.29 Å². The number of rotatable bonds is 5. The SMILES string of the molecule is O=CC[C@H](C1=CC=CC1)c1ccc([N+](=O)[O-])cc1. The summed E-state index contributed by atoms with van der Waals surface area (Å²) in [4.78, 5) is 20.9. The number of carbonyl (C=O) groups is 1. The topological polar surface area (TPSA) is 60.2 Å². The van der Waals surface area contributed by atoms with E-state index in [4.69, 9.17) is 0 Å². The molecule has 0 saturated heterocycles. The zero-order valence-corrected chi connectivity index (χ0v) is 9.78. The van der Waals surface area contributed by atoms with E-state index < -0.39 is 4.92 Å². The molecule has 0 heterocycles. The molecule has 4 nitrogen and oxygen atoms in total. The van der Waals surface area contributed by atoms with E-state index in [-0.39, 0.29) is 11.6 Å². The van der Waals surface area contributed by atoms with E-state index in [0.717, 1.165) is 18.3 Å². The van der Waals surface area contributed by atoms with Crippen LogP contribution in [0.3, 0.4) is 0 Å². The number of nitrogens with zero attached hydrogens (tertiary/aromatic N) is 1. The van der Waals surface area contributed by atoms with E-state index in [1.807, 2.05) is 18.2 Å². The summed E-state index contributed by atoms with van der Waals surface area (Å²) in [5, 5.41) is 10.6. The molecule has 2 rings (SSSR count). The minimum atomic E-state index is -0.422. The van der Waals surface area contributed by atoms with Crippen molar-refractivity contribution in [3.8, 4) is 0 Å². The van der Waals surface area contributed by atoms with Crippen molar-refractivity contribution in [3.63, 3.8) is 0 Å². The summed E-state index contributed by atoms with van der Waals surface area (Å²) in [7, 11) is 0. The molecule has 0 aliphatic heterocycles. The first kappa shape index (κ1) is 12.2. The average Bonchev–Trinajstić information content (AvgIpc) is 2.90. The van der Waals surface area contributed by atoms with E-state index >= 15 is 0 Å². The van der Waals surface area contributed by atoms with Crippen molar-refractivity contribution in [2.24, 2.45) is 0 Å². The Labute approximate surface area is 105 Å². The molecule has 0 N–H and O–H groups in total.